The molecule has 0 radical (unpaired) electrons. The molecule has 1 N–H and O–H groups in total. The fourth-order valence-electron chi connectivity index (χ4n) is 2.12. The van der Waals surface area contributed by atoms with Crippen molar-refractivity contribution in [3.05, 3.63) is 11.8 Å². The van der Waals surface area contributed by atoms with Crippen LogP contribution in [0.15, 0.2) is 4.42 Å². The number of nitrogens with one attached hydrogen (secondary N) is 1. The lowest BCUT2D eigenvalue weighted by molar-refractivity contribution is 0.0130. The van der Waals surface area contributed by atoms with Crippen molar-refractivity contribution in [3.63, 3.8) is 0 Å². The van der Waals surface area contributed by atoms with E-state index in [0.717, 1.165) is 19.4 Å². The van der Waals surface area contributed by atoms with Gasteiger partial charge in [0.1, 0.15) is 0 Å². The second-order valence-corrected chi connectivity index (χ2v) is 4.94. The van der Waals surface area contributed by atoms with E-state index < -0.39 is 0 Å². The van der Waals surface area contributed by atoms with Crippen molar-refractivity contribution in [1.82, 2.24) is 15.5 Å². The summed E-state index contributed by atoms with van der Waals surface area (Å²) in [5, 5.41) is 11.5. The highest BCUT2D eigenvalue weighted by Gasteiger charge is 2.22. The molecule has 1 saturated heterocycles. The zero-order valence-corrected chi connectivity index (χ0v) is 10.0. The number of hydrogen-bond donors (Lipinski definition) is 1. The summed E-state index contributed by atoms with van der Waals surface area (Å²) in [5.41, 5.74) is 0. The third kappa shape index (κ3) is 3.26. The van der Waals surface area contributed by atoms with E-state index in [4.69, 9.17) is 9.15 Å². The van der Waals surface area contributed by atoms with E-state index in [9.17, 15) is 0 Å². The standard InChI is InChI=1S/C12H19N3O2/c1-2-6-16-10(3-1)7-11-14-15-12(17-11)8-13-9-4-5-9/h9-10,13H,1-8H2. The van der Waals surface area contributed by atoms with E-state index in [-0.39, 0.29) is 6.10 Å². The smallest absolute Gasteiger partial charge is 0.230 e. The topological polar surface area (TPSA) is 60.2 Å². The fourth-order valence-corrected chi connectivity index (χ4v) is 2.12. The Hall–Kier alpha value is -0.940. The van der Waals surface area contributed by atoms with Crippen LogP contribution in [-0.2, 0) is 17.7 Å². The molecule has 3 rings (SSSR count). The van der Waals surface area contributed by atoms with Crippen LogP contribution in [0.3, 0.4) is 0 Å². The van der Waals surface area contributed by atoms with Crippen LogP contribution in [0.1, 0.15) is 43.9 Å². The van der Waals surface area contributed by atoms with Gasteiger partial charge in [-0.3, -0.25) is 0 Å². The summed E-state index contributed by atoms with van der Waals surface area (Å²) >= 11 is 0. The van der Waals surface area contributed by atoms with Gasteiger partial charge in [-0.1, -0.05) is 0 Å². The van der Waals surface area contributed by atoms with Crippen molar-refractivity contribution >= 4 is 0 Å². The molecular weight excluding hydrogens is 218 g/mol. The molecule has 1 aromatic rings. The first kappa shape index (κ1) is 11.2. The molecule has 1 aromatic heterocycles. The fraction of sp³-hybridized carbons (Fsp3) is 0.833. The van der Waals surface area contributed by atoms with Crippen LogP contribution >= 0.6 is 0 Å². The molecule has 0 amide bonds. The van der Waals surface area contributed by atoms with Crippen molar-refractivity contribution in [1.29, 1.82) is 0 Å². The van der Waals surface area contributed by atoms with Crippen LogP contribution < -0.4 is 5.32 Å². The van der Waals surface area contributed by atoms with E-state index in [1.165, 1.54) is 25.7 Å². The van der Waals surface area contributed by atoms with Gasteiger partial charge in [-0.05, 0) is 32.1 Å². The van der Waals surface area contributed by atoms with Crippen LogP contribution in [-0.4, -0.2) is 29.0 Å². The van der Waals surface area contributed by atoms with Crippen LogP contribution in [0.25, 0.3) is 0 Å². The van der Waals surface area contributed by atoms with Gasteiger partial charge in [0.05, 0.1) is 19.1 Å². The van der Waals surface area contributed by atoms with Crippen molar-refractivity contribution in [3.8, 4) is 0 Å². The van der Waals surface area contributed by atoms with Gasteiger partial charge in [0.2, 0.25) is 11.8 Å². The first-order valence-electron chi connectivity index (χ1n) is 6.56. The highest BCUT2D eigenvalue weighted by atomic mass is 16.5. The summed E-state index contributed by atoms with van der Waals surface area (Å²) in [6.45, 7) is 1.57. The Bertz CT molecular complexity index is 356. The van der Waals surface area contributed by atoms with Gasteiger partial charge in [0.25, 0.3) is 0 Å². The van der Waals surface area contributed by atoms with Crippen molar-refractivity contribution in [2.75, 3.05) is 6.61 Å². The quantitative estimate of drug-likeness (QED) is 0.839. The number of hydrogen-bond acceptors (Lipinski definition) is 5. The highest BCUT2D eigenvalue weighted by molar-refractivity contribution is 4.88. The van der Waals surface area contributed by atoms with Gasteiger partial charge in [-0.25, -0.2) is 0 Å². The average molecular weight is 237 g/mol. The van der Waals surface area contributed by atoms with E-state index in [0.29, 0.717) is 24.4 Å². The lowest BCUT2D eigenvalue weighted by Gasteiger charge is -2.20. The lowest BCUT2D eigenvalue weighted by atomic mass is 10.1. The molecule has 1 saturated carbocycles. The molecule has 2 heterocycles. The van der Waals surface area contributed by atoms with Crippen LogP contribution in [0.4, 0.5) is 0 Å². The summed E-state index contributed by atoms with van der Waals surface area (Å²) in [7, 11) is 0. The first-order chi connectivity index (χ1) is 8.40. The Balaban J connectivity index is 1.48. The predicted octanol–water partition coefficient (Wildman–Crippen LogP) is 1.43. The molecule has 94 valence electrons. The van der Waals surface area contributed by atoms with Gasteiger partial charge in [-0.2, -0.15) is 0 Å². The van der Waals surface area contributed by atoms with Crippen molar-refractivity contribution < 1.29 is 9.15 Å². The SMILES string of the molecule is C1CCC(Cc2nnc(CNC3CC3)o2)OC1. The Kier molecular flexibility index (Phi) is 3.38. The molecule has 1 atom stereocenters. The normalized spacial score (nSPS) is 25.1. The van der Waals surface area contributed by atoms with E-state index >= 15 is 0 Å². The molecule has 0 bridgehead atoms. The first-order valence-corrected chi connectivity index (χ1v) is 6.56. The van der Waals surface area contributed by atoms with E-state index in [1.54, 1.807) is 0 Å². The minimum atomic E-state index is 0.272. The van der Waals surface area contributed by atoms with Crippen LogP contribution in [0, 0.1) is 0 Å². The Labute approximate surface area is 101 Å². The molecule has 1 aliphatic heterocycles. The monoisotopic (exact) mass is 237 g/mol. The summed E-state index contributed by atoms with van der Waals surface area (Å²) in [4.78, 5) is 0. The molecule has 1 unspecified atom stereocenters. The predicted molar refractivity (Wildman–Crippen MR) is 61.5 cm³/mol. The Morgan fingerprint density at radius 3 is 2.76 bits per heavy atom. The van der Waals surface area contributed by atoms with Crippen molar-refractivity contribution in [2.24, 2.45) is 0 Å². The second kappa shape index (κ2) is 5.14. The summed E-state index contributed by atoms with van der Waals surface area (Å²) in [6, 6.07) is 0.673. The van der Waals surface area contributed by atoms with Gasteiger partial charge in [-0.15, -0.1) is 10.2 Å². The zero-order valence-electron chi connectivity index (χ0n) is 10.0. The number of ether oxygens (including phenoxy) is 1. The average Bonchev–Trinajstić information content (AvgIpc) is 3.09. The van der Waals surface area contributed by atoms with E-state index in [2.05, 4.69) is 15.5 Å². The number of rotatable bonds is 5. The maximum absolute atomic E-state index is 5.66. The lowest BCUT2D eigenvalue weighted by Crippen LogP contribution is -2.21. The largest absolute Gasteiger partial charge is 0.424 e. The minimum absolute atomic E-state index is 0.272. The molecule has 0 spiro atoms. The van der Waals surface area contributed by atoms with Crippen molar-refractivity contribution in [2.45, 2.75) is 57.2 Å². The Morgan fingerprint density at radius 1 is 1.12 bits per heavy atom. The van der Waals surface area contributed by atoms with Crippen LogP contribution in [0.2, 0.25) is 0 Å². The third-order valence-corrected chi connectivity index (χ3v) is 3.30. The maximum Gasteiger partial charge on any atom is 0.230 e. The molecule has 1 aliphatic carbocycles. The molecular formula is C12H19N3O2. The van der Waals surface area contributed by atoms with Crippen LogP contribution in [0.5, 0.6) is 0 Å². The maximum atomic E-state index is 5.66. The minimum Gasteiger partial charge on any atom is -0.424 e. The Morgan fingerprint density at radius 2 is 2.00 bits per heavy atom. The molecule has 5 heteroatoms. The molecule has 2 fully saturated rings. The summed E-state index contributed by atoms with van der Waals surface area (Å²) in [5.74, 6) is 1.41. The van der Waals surface area contributed by atoms with Gasteiger partial charge >= 0.3 is 0 Å². The second-order valence-electron chi connectivity index (χ2n) is 4.94. The summed E-state index contributed by atoms with van der Waals surface area (Å²) in [6.07, 6.45) is 7.11. The molecule has 2 aliphatic rings. The van der Waals surface area contributed by atoms with Gasteiger partial charge in [0, 0.05) is 12.6 Å². The summed E-state index contributed by atoms with van der Waals surface area (Å²) < 4.78 is 11.3. The van der Waals surface area contributed by atoms with E-state index in [1.807, 2.05) is 0 Å². The number of aromatic nitrogens is 2. The highest BCUT2D eigenvalue weighted by Crippen LogP contribution is 2.19. The number of nitrogens with zero attached hydrogens (tertiary/aromatic N) is 2. The van der Waals surface area contributed by atoms with Gasteiger partial charge < -0.3 is 14.5 Å². The molecule has 17 heavy (non-hydrogen) atoms. The molecule has 5 nitrogen and oxygen atoms in total. The zero-order chi connectivity index (χ0) is 11.5. The molecule has 0 aromatic carbocycles. The van der Waals surface area contributed by atoms with Gasteiger partial charge in [0.15, 0.2) is 0 Å². The third-order valence-electron chi connectivity index (χ3n) is 3.30.